The van der Waals surface area contributed by atoms with Gasteiger partial charge in [-0.3, -0.25) is 4.40 Å². The number of hydrogen-bond acceptors (Lipinski definition) is 4. The van der Waals surface area contributed by atoms with Gasteiger partial charge < -0.3 is 9.47 Å². The first-order valence-corrected chi connectivity index (χ1v) is 6.38. The summed E-state index contributed by atoms with van der Waals surface area (Å²) in [5.74, 6) is 1.25. The molecule has 0 unspecified atom stereocenters. The predicted molar refractivity (Wildman–Crippen MR) is 78.4 cm³/mol. The van der Waals surface area contributed by atoms with Gasteiger partial charge in [0.2, 0.25) is 0 Å². The zero-order chi connectivity index (χ0) is 14.8. The van der Waals surface area contributed by atoms with Gasteiger partial charge in [-0.2, -0.15) is 5.26 Å². The SMILES string of the molecule is COc1ccc(-c2nc3ccccn3c2C#N)cc1OC. The fourth-order valence-corrected chi connectivity index (χ4v) is 2.29. The zero-order valence-corrected chi connectivity index (χ0v) is 11.7. The van der Waals surface area contributed by atoms with E-state index in [1.165, 1.54) is 0 Å². The molecule has 2 heterocycles. The van der Waals surface area contributed by atoms with Gasteiger partial charge in [0, 0.05) is 11.8 Å². The summed E-state index contributed by atoms with van der Waals surface area (Å²) >= 11 is 0. The molecule has 0 saturated heterocycles. The number of benzene rings is 1. The van der Waals surface area contributed by atoms with Gasteiger partial charge in [0.15, 0.2) is 17.2 Å². The Balaban J connectivity index is 2.23. The van der Waals surface area contributed by atoms with E-state index in [4.69, 9.17) is 9.47 Å². The Morgan fingerprint density at radius 3 is 2.62 bits per heavy atom. The quantitative estimate of drug-likeness (QED) is 0.739. The third kappa shape index (κ3) is 2.07. The van der Waals surface area contributed by atoms with Crippen LogP contribution in [0.3, 0.4) is 0 Å². The van der Waals surface area contributed by atoms with Crippen molar-refractivity contribution in [3.05, 3.63) is 48.3 Å². The molecule has 0 saturated carbocycles. The lowest BCUT2D eigenvalue weighted by Crippen LogP contribution is -1.92. The van der Waals surface area contributed by atoms with E-state index in [0.717, 1.165) is 11.2 Å². The summed E-state index contributed by atoms with van der Waals surface area (Å²) in [6.07, 6.45) is 1.82. The minimum Gasteiger partial charge on any atom is -0.493 e. The highest BCUT2D eigenvalue weighted by molar-refractivity contribution is 5.71. The summed E-state index contributed by atoms with van der Waals surface area (Å²) in [7, 11) is 3.17. The van der Waals surface area contributed by atoms with Crippen LogP contribution in [0.4, 0.5) is 0 Å². The van der Waals surface area contributed by atoms with E-state index in [-0.39, 0.29) is 0 Å². The topological polar surface area (TPSA) is 59.5 Å². The molecule has 5 nitrogen and oxygen atoms in total. The fourth-order valence-electron chi connectivity index (χ4n) is 2.29. The highest BCUT2D eigenvalue weighted by Crippen LogP contribution is 2.33. The first-order valence-electron chi connectivity index (χ1n) is 6.38. The molecule has 0 aliphatic carbocycles. The maximum absolute atomic E-state index is 9.43. The summed E-state index contributed by atoms with van der Waals surface area (Å²) in [5.41, 5.74) is 2.68. The third-order valence-corrected chi connectivity index (χ3v) is 3.29. The van der Waals surface area contributed by atoms with Crippen molar-refractivity contribution < 1.29 is 9.47 Å². The number of methoxy groups -OCH3 is 2. The van der Waals surface area contributed by atoms with Crippen LogP contribution in [0.25, 0.3) is 16.9 Å². The van der Waals surface area contributed by atoms with Crippen LogP contribution in [0, 0.1) is 11.3 Å². The number of nitriles is 1. The lowest BCUT2D eigenvalue weighted by Gasteiger charge is -2.08. The van der Waals surface area contributed by atoms with Crippen molar-refractivity contribution in [1.82, 2.24) is 9.38 Å². The Morgan fingerprint density at radius 2 is 1.90 bits per heavy atom. The number of imidazole rings is 1. The van der Waals surface area contributed by atoms with Crippen LogP contribution < -0.4 is 9.47 Å². The van der Waals surface area contributed by atoms with Crippen LogP contribution in [0.2, 0.25) is 0 Å². The van der Waals surface area contributed by atoms with Crippen LogP contribution in [-0.2, 0) is 0 Å². The maximum Gasteiger partial charge on any atom is 0.161 e. The predicted octanol–water partition coefficient (Wildman–Crippen LogP) is 2.89. The van der Waals surface area contributed by atoms with Crippen molar-refractivity contribution in [2.24, 2.45) is 0 Å². The molecule has 5 heteroatoms. The van der Waals surface area contributed by atoms with Crippen molar-refractivity contribution in [1.29, 1.82) is 5.26 Å². The molecule has 0 radical (unpaired) electrons. The smallest absolute Gasteiger partial charge is 0.161 e. The van der Waals surface area contributed by atoms with Crippen LogP contribution in [0.15, 0.2) is 42.6 Å². The van der Waals surface area contributed by atoms with Crippen molar-refractivity contribution >= 4 is 5.65 Å². The first-order chi connectivity index (χ1) is 10.3. The van der Waals surface area contributed by atoms with E-state index in [0.29, 0.717) is 22.9 Å². The second-order valence-corrected chi connectivity index (χ2v) is 4.42. The Hall–Kier alpha value is -3.00. The maximum atomic E-state index is 9.43. The van der Waals surface area contributed by atoms with Gasteiger partial charge in [-0.25, -0.2) is 4.98 Å². The van der Waals surface area contributed by atoms with Crippen molar-refractivity contribution in [2.75, 3.05) is 14.2 Å². The monoisotopic (exact) mass is 279 g/mol. The van der Waals surface area contributed by atoms with Crippen molar-refractivity contribution in [3.63, 3.8) is 0 Å². The molecule has 0 aliphatic rings. The Labute approximate surface area is 122 Å². The summed E-state index contributed by atoms with van der Waals surface area (Å²) in [6, 6.07) is 13.3. The molecule has 21 heavy (non-hydrogen) atoms. The van der Waals surface area contributed by atoms with Gasteiger partial charge in [0.05, 0.1) is 14.2 Å². The second kappa shape index (κ2) is 5.17. The molecular formula is C16H13N3O2. The molecular weight excluding hydrogens is 266 g/mol. The van der Waals surface area contributed by atoms with E-state index in [1.807, 2.05) is 36.5 Å². The molecule has 0 spiro atoms. The van der Waals surface area contributed by atoms with Crippen LogP contribution in [0.1, 0.15) is 5.69 Å². The molecule has 0 amide bonds. The molecule has 0 atom stereocenters. The minimum atomic E-state index is 0.498. The van der Waals surface area contributed by atoms with Crippen LogP contribution in [-0.4, -0.2) is 23.6 Å². The fraction of sp³-hybridized carbons (Fsp3) is 0.125. The van der Waals surface area contributed by atoms with Gasteiger partial charge in [-0.15, -0.1) is 0 Å². The van der Waals surface area contributed by atoms with Gasteiger partial charge in [-0.05, 0) is 30.3 Å². The van der Waals surface area contributed by atoms with E-state index < -0.39 is 0 Å². The molecule has 2 aromatic heterocycles. The highest BCUT2D eigenvalue weighted by atomic mass is 16.5. The Bertz CT molecular complexity index is 846. The van der Waals surface area contributed by atoms with Crippen LogP contribution in [0.5, 0.6) is 11.5 Å². The molecule has 1 aromatic carbocycles. The zero-order valence-electron chi connectivity index (χ0n) is 11.7. The minimum absolute atomic E-state index is 0.498. The molecule has 3 aromatic rings. The first kappa shape index (κ1) is 13.0. The molecule has 3 rings (SSSR count). The number of rotatable bonds is 3. The Morgan fingerprint density at radius 1 is 1.10 bits per heavy atom. The van der Waals surface area contributed by atoms with Crippen LogP contribution >= 0.6 is 0 Å². The summed E-state index contributed by atoms with van der Waals surface area (Å²) < 4.78 is 12.3. The van der Waals surface area contributed by atoms with E-state index >= 15 is 0 Å². The normalized spacial score (nSPS) is 10.3. The number of pyridine rings is 1. The second-order valence-electron chi connectivity index (χ2n) is 4.42. The molecule has 0 N–H and O–H groups in total. The van der Waals surface area contributed by atoms with Gasteiger partial charge in [0.25, 0.3) is 0 Å². The van der Waals surface area contributed by atoms with Crippen molar-refractivity contribution in [2.45, 2.75) is 0 Å². The molecule has 104 valence electrons. The summed E-state index contributed by atoms with van der Waals surface area (Å²) in [4.78, 5) is 4.53. The van der Waals surface area contributed by atoms with Gasteiger partial charge in [-0.1, -0.05) is 6.07 Å². The number of fused-ring (bicyclic) bond motifs is 1. The highest BCUT2D eigenvalue weighted by Gasteiger charge is 2.15. The van der Waals surface area contributed by atoms with Gasteiger partial charge in [0.1, 0.15) is 17.4 Å². The van der Waals surface area contributed by atoms with E-state index in [9.17, 15) is 5.26 Å². The average molecular weight is 279 g/mol. The van der Waals surface area contributed by atoms with E-state index in [2.05, 4.69) is 11.1 Å². The molecule has 0 bridgehead atoms. The largest absolute Gasteiger partial charge is 0.493 e. The summed E-state index contributed by atoms with van der Waals surface area (Å²) in [6.45, 7) is 0. The number of nitrogens with zero attached hydrogens (tertiary/aromatic N) is 3. The number of aromatic nitrogens is 2. The molecule has 0 aliphatic heterocycles. The molecule has 0 fully saturated rings. The van der Waals surface area contributed by atoms with Gasteiger partial charge >= 0.3 is 0 Å². The van der Waals surface area contributed by atoms with Crippen molar-refractivity contribution in [3.8, 4) is 28.8 Å². The lowest BCUT2D eigenvalue weighted by molar-refractivity contribution is 0.355. The lowest BCUT2D eigenvalue weighted by atomic mass is 10.1. The Kier molecular flexibility index (Phi) is 3.20. The standard InChI is InChI=1S/C16H13N3O2/c1-20-13-7-6-11(9-14(13)21-2)16-12(10-17)19-8-4-3-5-15(19)18-16/h3-9H,1-2H3. The number of ether oxygens (including phenoxy) is 2. The summed E-state index contributed by atoms with van der Waals surface area (Å²) in [5, 5.41) is 9.43. The van der Waals surface area contributed by atoms with E-state index in [1.54, 1.807) is 24.7 Å². The third-order valence-electron chi connectivity index (χ3n) is 3.29. The number of hydrogen-bond donors (Lipinski definition) is 0. The average Bonchev–Trinajstić information content (AvgIpc) is 2.92.